The molecule has 0 bridgehead atoms. The van der Waals surface area contributed by atoms with Gasteiger partial charge in [0.15, 0.2) is 17.5 Å². The van der Waals surface area contributed by atoms with Crippen molar-refractivity contribution in [2.24, 2.45) is 16.9 Å². The summed E-state index contributed by atoms with van der Waals surface area (Å²) in [7, 11) is 2.06. The first-order valence-corrected chi connectivity index (χ1v) is 12.7. The van der Waals surface area contributed by atoms with Gasteiger partial charge < -0.3 is 20.9 Å². The monoisotopic (exact) mass is 497 g/mol. The zero-order valence-corrected chi connectivity index (χ0v) is 21.0. The van der Waals surface area contributed by atoms with Crippen LogP contribution < -0.4 is 20.9 Å². The van der Waals surface area contributed by atoms with E-state index in [2.05, 4.69) is 21.9 Å². The van der Waals surface area contributed by atoms with Crippen molar-refractivity contribution < 1.29 is 23.9 Å². The van der Waals surface area contributed by atoms with Crippen molar-refractivity contribution >= 4 is 23.5 Å². The van der Waals surface area contributed by atoms with Crippen molar-refractivity contribution in [3.8, 4) is 11.8 Å². The summed E-state index contributed by atoms with van der Waals surface area (Å²) in [6.45, 7) is 2.97. The molecule has 3 fully saturated rings. The van der Waals surface area contributed by atoms with Crippen LogP contribution in [0, 0.1) is 5.41 Å². The van der Waals surface area contributed by atoms with Crippen LogP contribution in [0.4, 0.5) is 0 Å². The predicted octanol–water partition coefficient (Wildman–Crippen LogP) is 2.27. The summed E-state index contributed by atoms with van der Waals surface area (Å²) >= 11 is 0. The second-order valence-electron chi connectivity index (χ2n) is 9.98. The third-order valence-electron chi connectivity index (χ3n) is 7.66. The van der Waals surface area contributed by atoms with Crippen molar-refractivity contribution in [3.05, 3.63) is 29.4 Å². The van der Waals surface area contributed by atoms with E-state index in [1.54, 1.807) is 0 Å². The molecule has 10 nitrogen and oxygen atoms in total. The maximum Gasteiger partial charge on any atom is 0.228 e. The highest BCUT2D eigenvalue weighted by atomic mass is 16.5. The molecule has 0 amide bonds. The Morgan fingerprint density at radius 3 is 2.58 bits per heavy atom. The van der Waals surface area contributed by atoms with E-state index in [9.17, 15) is 14.4 Å². The number of Topliss-reactive ketones (excluding diaryl/α,β-unsaturated/α-hetero) is 2. The quantitative estimate of drug-likeness (QED) is 0.248. The number of aromatic nitrogens is 2. The molecule has 1 saturated heterocycles. The lowest BCUT2D eigenvalue weighted by Gasteiger charge is -2.38. The van der Waals surface area contributed by atoms with Gasteiger partial charge >= 0.3 is 0 Å². The Labute approximate surface area is 211 Å². The van der Waals surface area contributed by atoms with Crippen LogP contribution in [0.15, 0.2) is 23.6 Å². The Balaban J connectivity index is 1.70. The summed E-state index contributed by atoms with van der Waals surface area (Å²) in [6.07, 6.45) is 7.81. The number of hydrogen-bond donors (Lipinski definition) is 2. The molecule has 4 N–H and O–H groups in total. The molecule has 10 heteroatoms. The molecule has 194 valence electrons. The largest absolute Gasteiger partial charge is 0.473 e. The SMILES string of the molecule is C[C@H](Oc1cc(O/C(N)=C/C=O)nc(/C(N)=C2\CCC[C@@]3(CCCCC3=O)C2=O)n1)C1CCCN1C. The van der Waals surface area contributed by atoms with Gasteiger partial charge in [0.25, 0.3) is 0 Å². The number of ketones is 2. The van der Waals surface area contributed by atoms with Gasteiger partial charge in [-0.3, -0.25) is 19.3 Å². The zero-order chi connectivity index (χ0) is 25.9. The van der Waals surface area contributed by atoms with Gasteiger partial charge in [-0.25, -0.2) is 0 Å². The maximum atomic E-state index is 13.6. The lowest BCUT2D eigenvalue weighted by molar-refractivity contribution is -0.143. The molecule has 2 saturated carbocycles. The number of carbonyl (C=O) groups is 3. The van der Waals surface area contributed by atoms with Crippen LogP contribution in [0.3, 0.4) is 0 Å². The Morgan fingerprint density at radius 2 is 1.89 bits per heavy atom. The summed E-state index contributed by atoms with van der Waals surface area (Å²) in [5.41, 5.74) is 11.7. The van der Waals surface area contributed by atoms with Gasteiger partial charge in [-0.05, 0) is 65.5 Å². The van der Waals surface area contributed by atoms with E-state index in [4.69, 9.17) is 20.9 Å². The number of rotatable bonds is 7. The molecule has 3 atom stereocenters. The van der Waals surface area contributed by atoms with Gasteiger partial charge in [-0.1, -0.05) is 6.42 Å². The predicted molar refractivity (Wildman–Crippen MR) is 133 cm³/mol. The number of likely N-dealkylation sites (tertiary alicyclic amines) is 1. The fourth-order valence-electron chi connectivity index (χ4n) is 5.73. The van der Waals surface area contributed by atoms with Crippen LogP contribution in [-0.2, 0) is 14.4 Å². The Morgan fingerprint density at radius 1 is 1.14 bits per heavy atom. The summed E-state index contributed by atoms with van der Waals surface area (Å²) in [5, 5.41) is 0. The molecule has 1 unspecified atom stereocenters. The number of hydrogen-bond acceptors (Lipinski definition) is 10. The van der Waals surface area contributed by atoms with Gasteiger partial charge in [-0.2, -0.15) is 9.97 Å². The number of ether oxygens (including phenoxy) is 2. The van der Waals surface area contributed by atoms with E-state index in [0.717, 1.165) is 38.3 Å². The summed E-state index contributed by atoms with van der Waals surface area (Å²) < 4.78 is 11.7. The van der Waals surface area contributed by atoms with Crippen molar-refractivity contribution in [3.63, 3.8) is 0 Å². The van der Waals surface area contributed by atoms with E-state index in [1.165, 1.54) is 6.07 Å². The van der Waals surface area contributed by atoms with Crippen LogP contribution in [0.2, 0.25) is 0 Å². The first-order chi connectivity index (χ1) is 17.2. The first kappa shape index (κ1) is 25.8. The molecule has 4 rings (SSSR count). The van der Waals surface area contributed by atoms with Crippen LogP contribution >= 0.6 is 0 Å². The maximum absolute atomic E-state index is 13.6. The molecule has 0 radical (unpaired) electrons. The lowest BCUT2D eigenvalue weighted by Crippen LogP contribution is -2.45. The van der Waals surface area contributed by atoms with Crippen molar-refractivity contribution in [2.75, 3.05) is 13.6 Å². The van der Waals surface area contributed by atoms with Gasteiger partial charge in [0.05, 0.1) is 17.2 Å². The molecule has 1 aromatic rings. The molecule has 2 aliphatic carbocycles. The van der Waals surface area contributed by atoms with E-state index in [1.807, 2.05) is 6.92 Å². The fourth-order valence-corrected chi connectivity index (χ4v) is 5.73. The second-order valence-corrected chi connectivity index (χ2v) is 9.98. The number of nitrogens with two attached hydrogens (primary N) is 2. The minimum Gasteiger partial charge on any atom is -0.473 e. The average molecular weight is 498 g/mol. The van der Waals surface area contributed by atoms with Crippen molar-refractivity contribution in [1.29, 1.82) is 0 Å². The normalized spacial score (nSPS) is 27.7. The third-order valence-corrected chi connectivity index (χ3v) is 7.66. The van der Waals surface area contributed by atoms with Gasteiger partial charge in [0.2, 0.25) is 11.8 Å². The number of aldehydes is 1. The zero-order valence-electron chi connectivity index (χ0n) is 21.0. The molecule has 1 aromatic heterocycles. The molecule has 0 aromatic carbocycles. The standard InChI is InChI=1S/C26H35N5O5/c1-16(18-8-6-13-31(18)2)35-21-15-22(36-20(27)10-14-32)30-25(29-21)23(28)17-7-5-12-26(24(17)34)11-4-3-9-19(26)33/h10,14-16,18H,3-9,11-13,27-28H2,1-2H3/b20-10+,23-17-/t16-,18?,26+/m0/s1. The fraction of sp³-hybridized carbons (Fsp3) is 0.577. The Kier molecular flexibility index (Phi) is 7.73. The number of nitrogens with zero attached hydrogens (tertiary/aromatic N) is 3. The third kappa shape index (κ3) is 5.13. The molecular weight excluding hydrogens is 462 g/mol. The molecule has 2 heterocycles. The summed E-state index contributed by atoms with van der Waals surface area (Å²) in [6, 6.07) is 1.70. The average Bonchev–Trinajstić information content (AvgIpc) is 3.28. The Bertz CT molecular complexity index is 1100. The second kappa shape index (κ2) is 10.8. The Hall–Kier alpha value is -3.27. The van der Waals surface area contributed by atoms with Gasteiger partial charge in [0.1, 0.15) is 18.2 Å². The highest BCUT2D eigenvalue weighted by Gasteiger charge is 2.49. The van der Waals surface area contributed by atoms with Crippen molar-refractivity contribution in [2.45, 2.75) is 76.9 Å². The number of likely N-dealkylation sites (N-methyl/N-ethyl adjacent to an activating group) is 1. The number of carbonyl (C=O) groups excluding carboxylic acids is 3. The highest BCUT2D eigenvalue weighted by Crippen LogP contribution is 2.45. The van der Waals surface area contributed by atoms with Crippen LogP contribution in [0.5, 0.6) is 11.8 Å². The van der Waals surface area contributed by atoms with Gasteiger partial charge in [0, 0.05) is 24.1 Å². The smallest absolute Gasteiger partial charge is 0.228 e. The van der Waals surface area contributed by atoms with E-state index in [-0.39, 0.29) is 52.9 Å². The van der Waals surface area contributed by atoms with E-state index >= 15 is 0 Å². The summed E-state index contributed by atoms with van der Waals surface area (Å²) in [5.74, 6) is -0.0422. The van der Waals surface area contributed by atoms with Crippen molar-refractivity contribution in [1.82, 2.24) is 14.9 Å². The van der Waals surface area contributed by atoms with Crippen LogP contribution in [-0.4, -0.2) is 58.5 Å². The molecular formula is C26H35N5O5. The minimum absolute atomic E-state index is 0.00653. The molecule has 36 heavy (non-hydrogen) atoms. The highest BCUT2D eigenvalue weighted by molar-refractivity contribution is 6.17. The summed E-state index contributed by atoms with van der Waals surface area (Å²) in [4.78, 5) is 48.3. The molecule has 3 aliphatic rings. The van der Waals surface area contributed by atoms with Gasteiger partial charge in [-0.15, -0.1) is 0 Å². The topological polar surface area (TPSA) is 151 Å². The van der Waals surface area contributed by atoms with E-state index < -0.39 is 5.41 Å². The van der Waals surface area contributed by atoms with E-state index in [0.29, 0.717) is 44.0 Å². The first-order valence-electron chi connectivity index (χ1n) is 12.7. The van der Waals surface area contributed by atoms with Crippen LogP contribution in [0.1, 0.15) is 70.5 Å². The minimum atomic E-state index is -0.984. The molecule has 1 aliphatic heterocycles. The number of allylic oxidation sites excluding steroid dienone is 2. The van der Waals surface area contributed by atoms with Crippen LogP contribution in [0.25, 0.3) is 5.70 Å². The lowest BCUT2D eigenvalue weighted by atomic mass is 9.62. The molecule has 1 spiro atoms.